The molecule has 24 heavy (non-hydrogen) atoms. The van der Waals surface area contributed by atoms with Crippen molar-refractivity contribution >= 4 is 23.3 Å². The quantitative estimate of drug-likeness (QED) is 0.793. The van der Waals surface area contributed by atoms with Gasteiger partial charge in [-0.15, -0.1) is 0 Å². The Kier molecular flexibility index (Phi) is 5.29. The van der Waals surface area contributed by atoms with E-state index in [1.165, 1.54) is 6.42 Å². The Balaban J connectivity index is 2.00. The third-order valence-corrected chi connectivity index (χ3v) is 6.16. The molecule has 3 rings (SSSR count). The lowest BCUT2D eigenvalue weighted by atomic mass is 9.73. The van der Waals surface area contributed by atoms with E-state index in [0.29, 0.717) is 17.9 Å². The monoisotopic (exact) mass is 347 g/mol. The van der Waals surface area contributed by atoms with E-state index in [1.807, 2.05) is 31.3 Å². The molecule has 2 aliphatic carbocycles. The number of hydrogen-bond acceptors (Lipinski definition) is 2. The SMILES string of the molecule is CN(C(=O)C1CCCCC1)C1(c2ccccc2Cl)CCCCC1=O. The van der Waals surface area contributed by atoms with Crippen LogP contribution in [0.2, 0.25) is 5.02 Å². The van der Waals surface area contributed by atoms with E-state index < -0.39 is 5.54 Å². The predicted octanol–water partition coefficient (Wildman–Crippen LogP) is 4.72. The van der Waals surface area contributed by atoms with Crippen molar-refractivity contribution in [1.82, 2.24) is 4.90 Å². The third kappa shape index (κ3) is 2.99. The summed E-state index contributed by atoms with van der Waals surface area (Å²) in [5.74, 6) is 0.302. The number of rotatable bonds is 3. The minimum absolute atomic E-state index is 0.0536. The van der Waals surface area contributed by atoms with Crippen LogP contribution in [0.3, 0.4) is 0 Å². The first-order valence-electron chi connectivity index (χ1n) is 9.13. The molecule has 130 valence electrons. The zero-order valence-corrected chi connectivity index (χ0v) is 15.1. The molecule has 1 aromatic rings. The molecule has 0 spiro atoms. The molecule has 1 atom stereocenters. The second-order valence-electron chi connectivity index (χ2n) is 7.20. The summed E-state index contributed by atoms with van der Waals surface area (Å²) in [6, 6.07) is 7.51. The van der Waals surface area contributed by atoms with Crippen molar-refractivity contribution in [3.63, 3.8) is 0 Å². The van der Waals surface area contributed by atoms with Crippen molar-refractivity contribution in [3.05, 3.63) is 34.9 Å². The fraction of sp³-hybridized carbons (Fsp3) is 0.600. The first kappa shape index (κ1) is 17.5. The minimum Gasteiger partial charge on any atom is -0.329 e. The molecule has 2 saturated carbocycles. The van der Waals surface area contributed by atoms with Crippen LogP contribution in [-0.2, 0) is 15.1 Å². The number of Topliss-reactive ketones (excluding diaryl/α,β-unsaturated/α-hetero) is 1. The molecule has 0 aromatic heterocycles. The zero-order chi connectivity index (χ0) is 17.2. The van der Waals surface area contributed by atoms with Gasteiger partial charge in [-0.3, -0.25) is 9.59 Å². The lowest BCUT2D eigenvalue weighted by Crippen LogP contribution is -2.55. The van der Waals surface area contributed by atoms with Crippen LogP contribution in [0.4, 0.5) is 0 Å². The van der Waals surface area contributed by atoms with E-state index in [9.17, 15) is 9.59 Å². The summed E-state index contributed by atoms with van der Waals surface area (Å²) >= 11 is 6.46. The number of amides is 1. The first-order valence-corrected chi connectivity index (χ1v) is 9.51. The highest BCUT2D eigenvalue weighted by molar-refractivity contribution is 6.31. The largest absolute Gasteiger partial charge is 0.329 e. The van der Waals surface area contributed by atoms with Crippen LogP contribution in [0.1, 0.15) is 63.4 Å². The molecule has 2 aliphatic rings. The van der Waals surface area contributed by atoms with Gasteiger partial charge in [0.15, 0.2) is 5.78 Å². The Labute approximate surface area is 149 Å². The van der Waals surface area contributed by atoms with Gasteiger partial charge < -0.3 is 4.90 Å². The fourth-order valence-electron chi connectivity index (χ4n) is 4.44. The van der Waals surface area contributed by atoms with Crippen LogP contribution in [0.15, 0.2) is 24.3 Å². The van der Waals surface area contributed by atoms with Crippen molar-refractivity contribution in [3.8, 4) is 0 Å². The normalized spacial score (nSPS) is 25.5. The molecule has 3 nitrogen and oxygen atoms in total. The van der Waals surface area contributed by atoms with Crippen molar-refractivity contribution < 1.29 is 9.59 Å². The second-order valence-corrected chi connectivity index (χ2v) is 7.61. The highest BCUT2D eigenvalue weighted by atomic mass is 35.5. The lowest BCUT2D eigenvalue weighted by Gasteiger charge is -2.45. The Morgan fingerprint density at radius 2 is 1.83 bits per heavy atom. The Hall–Kier alpha value is -1.35. The van der Waals surface area contributed by atoms with Crippen molar-refractivity contribution in [2.75, 3.05) is 7.05 Å². The third-order valence-electron chi connectivity index (χ3n) is 5.83. The number of nitrogens with zero attached hydrogens (tertiary/aromatic N) is 1. The molecule has 1 unspecified atom stereocenters. The summed E-state index contributed by atoms with van der Waals surface area (Å²) in [4.78, 5) is 28.0. The van der Waals surface area contributed by atoms with Crippen LogP contribution in [-0.4, -0.2) is 23.6 Å². The molecular formula is C20H26ClNO2. The number of ketones is 1. The predicted molar refractivity (Wildman–Crippen MR) is 96.0 cm³/mol. The maximum atomic E-state index is 13.2. The number of halogens is 1. The number of carbonyl (C=O) groups excluding carboxylic acids is 2. The highest BCUT2D eigenvalue weighted by Gasteiger charge is 2.48. The lowest BCUT2D eigenvalue weighted by molar-refractivity contribution is -0.151. The molecule has 0 radical (unpaired) electrons. The summed E-state index contributed by atoms with van der Waals surface area (Å²) < 4.78 is 0. The number of hydrogen-bond donors (Lipinski definition) is 0. The molecular weight excluding hydrogens is 322 g/mol. The van der Waals surface area contributed by atoms with E-state index in [1.54, 1.807) is 4.90 Å². The smallest absolute Gasteiger partial charge is 0.226 e. The van der Waals surface area contributed by atoms with Gasteiger partial charge in [0.1, 0.15) is 5.54 Å². The van der Waals surface area contributed by atoms with Gasteiger partial charge in [0, 0.05) is 30.0 Å². The van der Waals surface area contributed by atoms with E-state index >= 15 is 0 Å². The van der Waals surface area contributed by atoms with Crippen LogP contribution in [0.5, 0.6) is 0 Å². The molecule has 0 bridgehead atoms. The molecule has 1 amide bonds. The summed E-state index contributed by atoms with van der Waals surface area (Å²) in [5, 5.41) is 0.580. The van der Waals surface area contributed by atoms with Crippen LogP contribution in [0, 0.1) is 5.92 Å². The van der Waals surface area contributed by atoms with E-state index in [0.717, 1.165) is 44.1 Å². The Morgan fingerprint density at radius 1 is 1.12 bits per heavy atom. The zero-order valence-electron chi connectivity index (χ0n) is 14.4. The summed E-state index contributed by atoms with van der Waals surface area (Å²) in [7, 11) is 1.81. The molecule has 0 aliphatic heterocycles. The molecule has 0 N–H and O–H groups in total. The van der Waals surface area contributed by atoms with Gasteiger partial charge in [-0.25, -0.2) is 0 Å². The molecule has 0 saturated heterocycles. The van der Waals surface area contributed by atoms with Gasteiger partial charge in [-0.05, 0) is 38.2 Å². The van der Waals surface area contributed by atoms with Gasteiger partial charge in [-0.2, -0.15) is 0 Å². The van der Waals surface area contributed by atoms with Gasteiger partial charge in [0.05, 0.1) is 0 Å². The Bertz CT molecular complexity index is 624. The number of likely N-dealkylation sites (N-methyl/N-ethyl adjacent to an activating group) is 1. The maximum absolute atomic E-state index is 13.2. The number of benzene rings is 1. The molecule has 0 heterocycles. The number of carbonyl (C=O) groups is 2. The van der Waals surface area contributed by atoms with Crippen LogP contribution in [0.25, 0.3) is 0 Å². The van der Waals surface area contributed by atoms with E-state index in [-0.39, 0.29) is 17.6 Å². The van der Waals surface area contributed by atoms with Gasteiger partial charge >= 0.3 is 0 Å². The molecule has 4 heteroatoms. The van der Waals surface area contributed by atoms with Gasteiger partial charge in [0.25, 0.3) is 0 Å². The van der Waals surface area contributed by atoms with Crippen molar-refractivity contribution in [1.29, 1.82) is 0 Å². The van der Waals surface area contributed by atoms with Gasteiger partial charge in [0.2, 0.25) is 5.91 Å². The van der Waals surface area contributed by atoms with Crippen molar-refractivity contribution in [2.45, 2.75) is 63.3 Å². The fourth-order valence-corrected chi connectivity index (χ4v) is 4.73. The minimum atomic E-state index is -0.884. The van der Waals surface area contributed by atoms with Gasteiger partial charge in [-0.1, -0.05) is 49.1 Å². The standard InChI is InChI=1S/C20H26ClNO2/c1-22(19(24)15-9-3-2-4-10-15)20(14-8-7-13-18(20)23)16-11-5-6-12-17(16)21/h5-6,11-12,15H,2-4,7-10,13-14H2,1H3. The average molecular weight is 348 g/mol. The maximum Gasteiger partial charge on any atom is 0.226 e. The van der Waals surface area contributed by atoms with E-state index in [2.05, 4.69) is 0 Å². The van der Waals surface area contributed by atoms with Crippen LogP contribution >= 0.6 is 11.6 Å². The first-order chi connectivity index (χ1) is 11.6. The topological polar surface area (TPSA) is 37.4 Å². The van der Waals surface area contributed by atoms with Crippen LogP contribution < -0.4 is 0 Å². The molecule has 1 aromatic carbocycles. The van der Waals surface area contributed by atoms with E-state index in [4.69, 9.17) is 11.6 Å². The highest BCUT2D eigenvalue weighted by Crippen LogP contribution is 2.43. The summed E-state index contributed by atoms with van der Waals surface area (Å²) in [6.45, 7) is 0. The Morgan fingerprint density at radius 3 is 2.50 bits per heavy atom. The summed E-state index contributed by atoms with van der Waals surface area (Å²) in [6.07, 6.45) is 8.34. The molecule has 2 fully saturated rings. The van der Waals surface area contributed by atoms with Crippen molar-refractivity contribution in [2.24, 2.45) is 5.92 Å². The summed E-state index contributed by atoms with van der Waals surface area (Å²) in [5.41, 5.74) is -0.0893. The average Bonchev–Trinajstić information content (AvgIpc) is 2.62. The second kappa shape index (κ2) is 7.26.